The Morgan fingerprint density at radius 1 is 1.09 bits per heavy atom. The fourth-order valence-corrected chi connectivity index (χ4v) is 6.18. The van der Waals surface area contributed by atoms with Crippen LogP contribution in [0.5, 0.6) is 0 Å². The first-order valence-corrected chi connectivity index (χ1v) is 13.5. The largest absolute Gasteiger partial charge is 0.459 e. The number of rotatable bonds is 7. The van der Waals surface area contributed by atoms with Gasteiger partial charge >= 0.3 is 0 Å². The van der Waals surface area contributed by atoms with Crippen LogP contribution in [-0.4, -0.2) is 17.1 Å². The Morgan fingerprint density at radius 3 is 2.65 bits per heavy atom. The molecule has 1 atom stereocenters. The Morgan fingerprint density at radius 2 is 1.91 bits per heavy atom. The lowest BCUT2D eigenvalue weighted by atomic mass is 9.89. The molecule has 0 saturated heterocycles. The Hall–Kier alpha value is -3.03. The van der Waals surface area contributed by atoms with E-state index in [4.69, 9.17) is 9.40 Å². The molecule has 0 radical (unpaired) electrons. The molecular formula is C27H27N3O2S2. The lowest BCUT2D eigenvalue weighted by Gasteiger charge is -2.24. The standard InChI is InChI=1S/C27H27N3O2S2/c1-17-7-5-11-23(28-17)29-25(18-12-14-19(33-2)15-13-18)24-20-8-3-4-10-22(20)34-27(24)30-26(31)21-9-6-16-32-21/h5-7,9,11-16,25H,3-4,8,10H2,1-2H3,(H,28,29)(H,30,31). The number of benzene rings is 1. The van der Waals surface area contributed by atoms with Gasteiger partial charge in [-0.25, -0.2) is 4.98 Å². The molecule has 0 fully saturated rings. The number of thiophene rings is 1. The van der Waals surface area contributed by atoms with Crippen molar-refractivity contribution in [1.82, 2.24) is 4.98 Å². The zero-order valence-electron chi connectivity index (χ0n) is 19.3. The summed E-state index contributed by atoms with van der Waals surface area (Å²) in [6.07, 6.45) is 8.00. The molecule has 3 heterocycles. The molecule has 5 rings (SSSR count). The van der Waals surface area contributed by atoms with Gasteiger partial charge in [0.25, 0.3) is 5.91 Å². The summed E-state index contributed by atoms with van der Waals surface area (Å²) in [6.45, 7) is 1.99. The third-order valence-corrected chi connectivity index (χ3v) is 8.07. The Kier molecular flexibility index (Phi) is 6.74. The van der Waals surface area contributed by atoms with Gasteiger partial charge in [0.05, 0.1) is 12.3 Å². The van der Waals surface area contributed by atoms with E-state index in [0.29, 0.717) is 5.76 Å². The summed E-state index contributed by atoms with van der Waals surface area (Å²) in [7, 11) is 0. The van der Waals surface area contributed by atoms with Gasteiger partial charge in [-0.15, -0.1) is 23.1 Å². The Balaban J connectivity index is 1.61. The first kappa shape index (κ1) is 22.7. The number of fused-ring (bicyclic) bond motifs is 1. The molecule has 1 amide bonds. The van der Waals surface area contributed by atoms with Crippen molar-refractivity contribution in [2.75, 3.05) is 16.9 Å². The second kappa shape index (κ2) is 10.1. The van der Waals surface area contributed by atoms with Crippen molar-refractivity contribution >= 4 is 39.8 Å². The summed E-state index contributed by atoms with van der Waals surface area (Å²) >= 11 is 3.42. The molecule has 2 N–H and O–H groups in total. The van der Waals surface area contributed by atoms with Gasteiger partial charge in [-0.2, -0.15) is 0 Å². The van der Waals surface area contributed by atoms with E-state index < -0.39 is 0 Å². The van der Waals surface area contributed by atoms with Gasteiger partial charge in [0.15, 0.2) is 5.76 Å². The van der Waals surface area contributed by atoms with Gasteiger partial charge in [-0.05, 0) is 86.4 Å². The summed E-state index contributed by atoms with van der Waals surface area (Å²) < 4.78 is 5.35. The molecule has 174 valence electrons. The number of aromatic nitrogens is 1. The minimum absolute atomic E-state index is 0.143. The Labute approximate surface area is 208 Å². The van der Waals surface area contributed by atoms with Crippen LogP contribution in [-0.2, 0) is 12.8 Å². The van der Waals surface area contributed by atoms with E-state index in [-0.39, 0.29) is 11.9 Å². The summed E-state index contributed by atoms with van der Waals surface area (Å²) in [4.78, 5) is 20.2. The zero-order chi connectivity index (χ0) is 23.5. The molecule has 0 bridgehead atoms. The number of furan rings is 1. The third kappa shape index (κ3) is 4.76. The number of nitrogens with zero attached hydrogens (tertiary/aromatic N) is 1. The highest BCUT2D eigenvalue weighted by Gasteiger charge is 2.29. The van der Waals surface area contributed by atoms with Crippen molar-refractivity contribution in [3.63, 3.8) is 0 Å². The maximum absolute atomic E-state index is 13.0. The summed E-state index contributed by atoms with van der Waals surface area (Å²) in [5.74, 6) is 0.902. The topological polar surface area (TPSA) is 67.2 Å². The number of carbonyl (C=O) groups excluding carboxylic acids is 1. The molecule has 0 spiro atoms. The van der Waals surface area contributed by atoms with Crippen molar-refractivity contribution in [2.45, 2.75) is 43.5 Å². The highest BCUT2D eigenvalue weighted by Crippen LogP contribution is 2.44. The van der Waals surface area contributed by atoms with Crippen LogP contribution in [0, 0.1) is 6.92 Å². The molecular weight excluding hydrogens is 462 g/mol. The number of amides is 1. The molecule has 1 aromatic carbocycles. The number of thioether (sulfide) groups is 1. The monoisotopic (exact) mass is 489 g/mol. The quantitative estimate of drug-likeness (QED) is 0.271. The summed E-state index contributed by atoms with van der Waals surface area (Å²) in [5.41, 5.74) is 4.59. The third-order valence-electron chi connectivity index (χ3n) is 6.10. The number of hydrogen-bond donors (Lipinski definition) is 2. The Bertz CT molecular complexity index is 1280. The molecule has 1 aliphatic carbocycles. The first-order valence-electron chi connectivity index (χ1n) is 11.5. The molecule has 0 aliphatic heterocycles. The van der Waals surface area contributed by atoms with E-state index >= 15 is 0 Å². The average molecular weight is 490 g/mol. The number of nitrogens with one attached hydrogen (secondary N) is 2. The normalized spacial score (nSPS) is 13.8. The highest BCUT2D eigenvalue weighted by atomic mass is 32.2. The molecule has 4 aromatic rings. The predicted octanol–water partition coefficient (Wildman–Crippen LogP) is 7.10. The van der Waals surface area contributed by atoms with Crippen molar-refractivity contribution in [2.24, 2.45) is 0 Å². The maximum Gasteiger partial charge on any atom is 0.291 e. The van der Waals surface area contributed by atoms with Gasteiger partial charge in [-0.3, -0.25) is 4.79 Å². The van der Waals surface area contributed by atoms with Crippen LogP contribution in [0.25, 0.3) is 0 Å². The van der Waals surface area contributed by atoms with E-state index in [0.717, 1.165) is 46.9 Å². The van der Waals surface area contributed by atoms with Crippen LogP contribution in [0.2, 0.25) is 0 Å². The number of pyridine rings is 1. The number of aryl methyl sites for hydroxylation is 2. The summed E-state index contributed by atoms with van der Waals surface area (Å²) in [5, 5.41) is 7.73. The second-order valence-corrected chi connectivity index (χ2v) is 10.4. The van der Waals surface area contributed by atoms with Crippen LogP contribution in [0.1, 0.15) is 56.7 Å². The smallest absolute Gasteiger partial charge is 0.291 e. The first-order chi connectivity index (χ1) is 16.6. The SMILES string of the molecule is CSc1ccc(C(Nc2cccc(C)n2)c2c(NC(=O)c3ccco3)sc3c2CCCC3)cc1. The van der Waals surface area contributed by atoms with Gasteiger partial charge < -0.3 is 15.1 Å². The van der Waals surface area contributed by atoms with Gasteiger partial charge in [-0.1, -0.05) is 18.2 Å². The molecule has 1 unspecified atom stereocenters. The fraction of sp³-hybridized carbons (Fsp3) is 0.259. The lowest BCUT2D eigenvalue weighted by Crippen LogP contribution is -2.19. The van der Waals surface area contributed by atoms with Crippen LogP contribution < -0.4 is 10.6 Å². The summed E-state index contributed by atoms with van der Waals surface area (Å²) in [6, 6.07) is 17.9. The lowest BCUT2D eigenvalue weighted by molar-refractivity contribution is 0.0997. The van der Waals surface area contributed by atoms with E-state index in [2.05, 4.69) is 41.2 Å². The molecule has 1 aliphatic rings. The minimum atomic E-state index is -0.227. The molecule has 34 heavy (non-hydrogen) atoms. The van der Waals surface area contributed by atoms with Crippen LogP contribution in [0.3, 0.4) is 0 Å². The van der Waals surface area contributed by atoms with Crippen LogP contribution >= 0.6 is 23.1 Å². The maximum atomic E-state index is 13.0. The van der Waals surface area contributed by atoms with E-state index in [1.165, 1.54) is 28.0 Å². The highest BCUT2D eigenvalue weighted by molar-refractivity contribution is 7.98. The molecule has 7 heteroatoms. The molecule has 5 nitrogen and oxygen atoms in total. The molecule has 0 saturated carbocycles. The predicted molar refractivity (Wildman–Crippen MR) is 140 cm³/mol. The van der Waals surface area contributed by atoms with Gasteiger partial charge in [0, 0.05) is 21.0 Å². The fourth-order valence-electron chi connectivity index (χ4n) is 4.45. The number of carbonyl (C=O) groups is 1. The zero-order valence-corrected chi connectivity index (χ0v) is 20.9. The molecule has 3 aromatic heterocycles. The number of hydrogen-bond acceptors (Lipinski definition) is 6. The average Bonchev–Trinajstić information content (AvgIpc) is 3.51. The van der Waals surface area contributed by atoms with Crippen molar-refractivity contribution < 1.29 is 9.21 Å². The van der Waals surface area contributed by atoms with E-state index in [9.17, 15) is 4.79 Å². The van der Waals surface area contributed by atoms with Gasteiger partial charge in [0.1, 0.15) is 10.8 Å². The van der Waals surface area contributed by atoms with Crippen molar-refractivity contribution in [1.29, 1.82) is 0 Å². The number of anilines is 2. The van der Waals surface area contributed by atoms with Gasteiger partial charge in [0.2, 0.25) is 0 Å². The van der Waals surface area contributed by atoms with Crippen LogP contribution in [0.4, 0.5) is 10.8 Å². The minimum Gasteiger partial charge on any atom is -0.459 e. The van der Waals surface area contributed by atoms with E-state index in [1.807, 2.05) is 25.1 Å². The van der Waals surface area contributed by atoms with Crippen molar-refractivity contribution in [3.05, 3.63) is 93.9 Å². The van der Waals surface area contributed by atoms with Crippen molar-refractivity contribution in [3.8, 4) is 0 Å². The van der Waals surface area contributed by atoms with E-state index in [1.54, 1.807) is 35.2 Å². The van der Waals surface area contributed by atoms with Crippen LogP contribution in [0.15, 0.2) is 70.2 Å². The second-order valence-electron chi connectivity index (χ2n) is 8.40.